The van der Waals surface area contributed by atoms with E-state index in [0.717, 1.165) is 48.7 Å². The first-order chi connectivity index (χ1) is 13.6. The molecule has 0 aliphatic carbocycles. The van der Waals surface area contributed by atoms with Crippen LogP contribution >= 0.6 is 0 Å². The number of nitrogens with zero attached hydrogens (tertiary/aromatic N) is 3. The third kappa shape index (κ3) is 5.79. The molecule has 0 atom stereocenters. The van der Waals surface area contributed by atoms with Crippen LogP contribution in [0.1, 0.15) is 18.9 Å². The molecule has 28 heavy (non-hydrogen) atoms. The first kappa shape index (κ1) is 19.8. The summed E-state index contributed by atoms with van der Waals surface area (Å²) in [5.74, 6) is 1.43. The number of nitrogens with one attached hydrogen (secondary N) is 2. The quantitative estimate of drug-likeness (QED) is 0.526. The van der Waals surface area contributed by atoms with Crippen molar-refractivity contribution in [3.05, 3.63) is 66.2 Å². The van der Waals surface area contributed by atoms with Crippen LogP contribution in [0.4, 0.5) is 17.5 Å². The Hall–Kier alpha value is -2.92. The van der Waals surface area contributed by atoms with E-state index in [1.807, 2.05) is 24.3 Å². The van der Waals surface area contributed by atoms with Crippen molar-refractivity contribution >= 4 is 17.5 Å². The van der Waals surface area contributed by atoms with Crippen molar-refractivity contribution in [1.29, 1.82) is 0 Å². The molecule has 1 aromatic heterocycles. The predicted molar refractivity (Wildman–Crippen MR) is 118 cm³/mol. The number of hydrogen-bond donors (Lipinski definition) is 2. The predicted octanol–water partition coefficient (Wildman–Crippen LogP) is 4.81. The third-order valence-electron chi connectivity index (χ3n) is 4.50. The zero-order valence-electron chi connectivity index (χ0n) is 16.9. The van der Waals surface area contributed by atoms with Crippen LogP contribution in [0, 0.1) is 0 Å². The van der Waals surface area contributed by atoms with Crippen LogP contribution in [-0.2, 0) is 6.42 Å². The van der Waals surface area contributed by atoms with Gasteiger partial charge in [0.05, 0.1) is 5.69 Å². The van der Waals surface area contributed by atoms with Gasteiger partial charge in [0.25, 0.3) is 0 Å². The van der Waals surface area contributed by atoms with Crippen LogP contribution in [0.25, 0.3) is 11.3 Å². The minimum atomic E-state index is 0.598. The Morgan fingerprint density at radius 1 is 0.929 bits per heavy atom. The van der Waals surface area contributed by atoms with E-state index in [4.69, 9.17) is 4.98 Å². The summed E-state index contributed by atoms with van der Waals surface area (Å²) in [5.41, 5.74) is 4.28. The average molecular weight is 376 g/mol. The molecule has 0 radical (unpaired) electrons. The molecule has 146 valence electrons. The highest BCUT2D eigenvalue weighted by Crippen LogP contribution is 2.23. The summed E-state index contributed by atoms with van der Waals surface area (Å²) >= 11 is 0. The molecule has 0 saturated carbocycles. The summed E-state index contributed by atoms with van der Waals surface area (Å²) < 4.78 is 0. The van der Waals surface area contributed by atoms with E-state index in [-0.39, 0.29) is 0 Å². The number of aryl methyl sites for hydroxylation is 1. The van der Waals surface area contributed by atoms with Gasteiger partial charge in [-0.3, -0.25) is 0 Å². The summed E-state index contributed by atoms with van der Waals surface area (Å²) in [6, 6.07) is 20.6. The fourth-order valence-electron chi connectivity index (χ4n) is 2.92. The summed E-state index contributed by atoms with van der Waals surface area (Å²) in [6.07, 6.45) is 2.08. The smallest absolute Gasteiger partial charge is 0.229 e. The lowest BCUT2D eigenvalue weighted by Crippen LogP contribution is -2.16. The zero-order chi connectivity index (χ0) is 19.8. The van der Waals surface area contributed by atoms with Gasteiger partial charge in [0.1, 0.15) is 5.82 Å². The molecule has 0 fully saturated rings. The molecule has 3 aromatic rings. The van der Waals surface area contributed by atoms with Gasteiger partial charge in [-0.05, 0) is 51.2 Å². The van der Waals surface area contributed by atoms with Crippen LogP contribution in [0.3, 0.4) is 0 Å². The van der Waals surface area contributed by atoms with Crippen molar-refractivity contribution in [2.24, 2.45) is 0 Å². The first-order valence-electron chi connectivity index (χ1n) is 9.83. The Kier molecular flexibility index (Phi) is 6.98. The maximum atomic E-state index is 4.73. The summed E-state index contributed by atoms with van der Waals surface area (Å²) in [5, 5.41) is 6.78. The van der Waals surface area contributed by atoms with Crippen LogP contribution in [0.2, 0.25) is 0 Å². The van der Waals surface area contributed by atoms with Gasteiger partial charge in [-0.25, -0.2) is 4.98 Å². The van der Waals surface area contributed by atoms with Crippen molar-refractivity contribution in [1.82, 2.24) is 14.9 Å². The van der Waals surface area contributed by atoms with Crippen molar-refractivity contribution in [3.8, 4) is 11.3 Å². The lowest BCUT2D eigenvalue weighted by Gasteiger charge is -2.13. The second-order valence-electron chi connectivity index (χ2n) is 7.09. The molecule has 5 nitrogen and oxygen atoms in total. The Labute approximate surface area is 167 Å². The lowest BCUT2D eigenvalue weighted by atomic mass is 10.1. The van der Waals surface area contributed by atoms with Gasteiger partial charge < -0.3 is 15.5 Å². The molecule has 0 saturated heterocycles. The highest BCUT2D eigenvalue weighted by atomic mass is 15.1. The molecule has 0 aliphatic rings. The maximum absolute atomic E-state index is 4.73. The Bertz CT molecular complexity index is 860. The minimum Gasteiger partial charge on any atom is -0.370 e. The van der Waals surface area contributed by atoms with Gasteiger partial charge in [0.2, 0.25) is 5.95 Å². The van der Waals surface area contributed by atoms with Crippen molar-refractivity contribution in [2.75, 3.05) is 37.8 Å². The van der Waals surface area contributed by atoms with Gasteiger partial charge in [-0.2, -0.15) is 4.98 Å². The van der Waals surface area contributed by atoms with Gasteiger partial charge in [0.15, 0.2) is 0 Å². The Balaban J connectivity index is 1.81. The highest BCUT2D eigenvalue weighted by molar-refractivity contribution is 5.66. The molecular formula is C23H29N5. The summed E-state index contributed by atoms with van der Waals surface area (Å²) in [4.78, 5) is 11.6. The molecule has 0 amide bonds. The standard InChI is InChI=1S/C23H29N5/c1-4-18-11-13-20(14-12-18)25-23-26-21(19-9-6-5-7-10-19)17-22(27-23)24-15-8-16-28(2)3/h5-7,9-14,17H,4,8,15-16H2,1-3H3,(H2,24,25,26,27). The Morgan fingerprint density at radius 3 is 2.36 bits per heavy atom. The van der Waals surface area contributed by atoms with Crippen LogP contribution in [0.5, 0.6) is 0 Å². The Morgan fingerprint density at radius 2 is 1.68 bits per heavy atom. The van der Waals surface area contributed by atoms with E-state index in [9.17, 15) is 0 Å². The monoisotopic (exact) mass is 375 g/mol. The van der Waals surface area contributed by atoms with E-state index in [1.54, 1.807) is 0 Å². The number of benzene rings is 2. The molecule has 2 aromatic carbocycles. The topological polar surface area (TPSA) is 53.1 Å². The molecule has 0 aliphatic heterocycles. The third-order valence-corrected chi connectivity index (χ3v) is 4.50. The molecule has 0 bridgehead atoms. The highest BCUT2D eigenvalue weighted by Gasteiger charge is 2.07. The average Bonchev–Trinajstić information content (AvgIpc) is 2.72. The van der Waals surface area contributed by atoms with Crippen molar-refractivity contribution < 1.29 is 0 Å². The number of rotatable bonds is 9. The van der Waals surface area contributed by atoms with Gasteiger partial charge in [0, 0.05) is 23.9 Å². The minimum absolute atomic E-state index is 0.598. The van der Waals surface area contributed by atoms with Crippen LogP contribution < -0.4 is 10.6 Å². The number of aromatic nitrogens is 2. The molecule has 2 N–H and O–H groups in total. The summed E-state index contributed by atoms with van der Waals surface area (Å²) in [7, 11) is 4.17. The second-order valence-corrected chi connectivity index (χ2v) is 7.09. The van der Waals surface area contributed by atoms with Crippen molar-refractivity contribution in [3.63, 3.8) is 0 Å². The number of hydrogen-bond acceptors (Lipinski definition) is 5. The fourth-order valence-corrected chi connectivity index (χ4v) is 2.92. The molecule has 5 heteroatoms. The van der Waals surface area contributed by atoms with E-state index in [0.29, 0.717) is 5.95 Å². The van der Waals surface area contributed by atoms with Gasteiger partial charge in [-0.1, -0.05) is 49.4 Å². The molecule has 3 rings (SSSR count). The van der Waals surface area contributed by atoms with E-state index in [2.05, 4.69) is 77.9 Å². The summed E-state index contributed by atoms with van der Waals surface area (Å²) in [6.45, 7) is 4.07. The first-order valence-corrected chi connectivity index (χ1v) is 9.83. The van der Waals surface area contributed by atoms with E-state index in [1.165, 1.54) is 5.56 Å². The van der Waals surface area contributed by atoms with Crippen LogP contribution in [0.15, 0.2) is 60.7 Å². The second kappa shape index (κ2) is 9.85. The van der Waals surface area contributed by atoms with E-state index >= 15 is 0 Å². The molecule has 1 heterocycles. The van der Waals surface area contributed by atoms with Gasteiger partial charge in [-0.15, -0.1) is 0 Å². The normalized spacial score (nSPS) is 10.9. The zero-order valence-corrected chi connectivity index (χ0v) is 16.9. The van der Waals surface area contributed by atoms with E-state index < -0.39 is 0 Å². The maximum Gasteiger partial charge on any atom is 0.229 e. The number of anilines is 3. The SMILES string of the molecule is CCc1ccc(Nc2nc(NCCCN(C)C)cc(-c3ccccc3)n2)cc1. The largest absolute Gasteiger partial charge is 0.370 e. The van der Waals surface area contributed by atoms with Crippen LogP contribution in [-0.4, -0.2) is 42.1 Å². The van der Waals surface area contributed by atoms with Gasteiger partial charge >= 0.3 is 0 Å². The molecular weight excluding hydrogens is 346 g/mol. The molecule has 0 spiro atoms. The fraction of sp³-hybridized carbons (Fsp3) is 0.304. The molecule has 0 unspecified atom stereocenters. The lowest BCUT2D eigenvalue weighted by molar-refractivity contribution is 0.405. The van der Waals surface area contributed by atoms with Crippen molar-refractivity contribution in [2.45, 2.75) is 19.8 Å².